The van der Waals surface area contributed by atoms with Crippen LogP contribution in [0.5, 0.6) is 11.5 Å². The number of nitrogens with one attached hydrogen (secondary N) is 1. The number of hydrogen-bond donors (Lipinski definition) is 3. The average molecular weight is 340 g/mol. The van der Waals surface area contributed by atoms with Crippen LogP contribution in [0.3, 0.4) is 0 Å². The minimum Gasteiger partial charge on any atom is -0.508 e. The van der Waals surface area contributed by atoms with Crippen molar-refractivity contribution in [3.8, 4) is 11.5 Å². The minimum atomic E-state index is -0.277. The fourth-order valence-corrected chi connectivity index (χ4v) is 3.47. The van der Waals surface area contributed by atoms with Gasteiger partial charge in [0, 0.05) is 37.3 Å². The van der Waals surface area contributed by atoms with E-state index in [1.54, 1.807) is 0 Å². The van der Waals surface area contributed by atoms with Gasteiger partial charge in [-0.2, -0.15) is 0 Å². The fraction of sp³-hybridized carbons (Fsp3) is 0.350. The number of carbonyl (C=O) groups excluding carboxylic acids is 1. The maximum atomic E-state index is 12.2. The number of likely N-dealkylation sites (tertiary alicyclic amines) is 1. The van der Waals surface area contributed by atoms with Gasteiger partial charge in [-0.1, -0.05) is 30.3 Å². The highest BCUT2D eigenvalue weighted by Gasteiger charge is 2.29. The number of amides is 1. The van der Waals surface area contributed by atoms with Crippen LogP contribution in [0.1, 0.15) is 29.3 Å². The van der Waals surface area contributed by atoms with Crippen LogP contribution in [0.2, 0.25) is 0 Å². The number of phenolic OH excluding ortho intramolecular Hbond substituents is 2. The maximum Gasteiger partial charge on any atom is 0.251 e. The first kappa shape index (κ1) is 17.3. The first-order valence-electron chi connectivity index (χ1n) is 8.60. The maximum absolute atomic E-state index is 12.2. The van der Waals surface area contributed by atoms with Crippen molar-refractivity contribution in [2.45, 2.75) is 25.9 Å². The summed E-state index contributed by atoms with van der Waals surface area (Å²) in [5.74, 6) is -0.115. The van der Waals surface area contributed by atoms with Gasteiger partial charge in [0.2, 0.25) is 0 Å². The van der Waals surface area contributed by atoms with Gasteiger partial charge >= 0.3 is 0 Å². The van der Waals surface area contributed by atoms with E-state index in [4.69, 9.17) is 0 Å². The molecule has 2 aromatic rings. The van der Waals surface area contributed by atoms with E-state index in [0.29, 0.717) is 18.5 Å². The third kappa shape index (κ3) is 4.51. The molecule has 1 aliphatic rings. The van der Waals surface area contributed by atoms with Crippen LogP contribution in [0.25, 0.3) is 0 Å². The third-order valence-corrected chi connectivity index (χ3v) is 4.74. The van der Waals surface area contributed by atoms with Crippen LogP contribution in [0.15, 0.2) is 48.5 Å². The van der Waals surface area contributed by atoms with Gasteiger partial charge in [-0.3, -0.25) is 9.69 Å². The van der Waals surface area contributed by atoms with Gasteiger partial charge in [0.25, 0.3) is 5.91 Å². The molecule has 1 amide bonds. The summed E-state index contributed by atoms with van der Waals surface area (Å²) in [6.45, 7) is 4.68. The lowest BCUT2D eigenvalue weighted by Crippen LogP contribution is -2.31. The standard InChI is InChI=1S/C20H24N2O3/c1-14-7-16(13-22(14)12-15-5-3-2-4-6-15)11-21-20(25)17-8-18(23)10-19(24)9-17/h2-6,8-10,14,16,23-24H,7,11-13H2,1H3,(H,21,25). The SMILES string of the molecule is CC1CC(CNC(=O)c2cc(O)cc(O)c2)CN1Cc1ccccc1. The largest absolute Gasteiger partial charge is 0.508 e. The molecule has 0 aromatic heterocycles. The predicted molar refractivity (Wildman–Crippen MR) is 96.5 cm³/mol. The zero-order valence-electron chi connectivity index (χ0n) is 14.4. The highest BCUT2D eigenvalue weighted by Crippen LogP contribution is 2.25. The van der Waals surface area contributed by atoms with Gasteiger partial charge in [-0.05, 0) is 37.0 Å². The lowest BCUT2D eigenvalue weighted by Gasteiger charge is -2.21. The number of carbonyl (C=O) groups is 1. The average Bonchev–Trinajstić information content (AvgIpc) is 2.92. The third-order valence-electron chi connectivity index (χ3n) is 4.74. The van der Waals surface area contributed by atoms with E-state index < -0.39 is 0 Å². The van der Waals surface area contributed by atoms with Crippen molar-refractivity contribution < 1.29 is 15.0 Å². The Bertz CT molecular complexity index is 713. The van der Waals surface area contributed by atoms with E-state index >= 15 is 0 Å². The Morgan fingerprint density at radius 2 is 1.84 bits per heavy atom. The summed E-state index contributed by atoms with van der Waals surface area (Å²) < 4.78 is 0. The van der Waals surface area contributed by atoms with E-state index in [0.717, 1.165) is 19.5 Å². The molecule has 2 aromatic carbocycles. The predicted octanol–water partition coefficient (Wildman–Crippen LogP) is 2.74. The van der Waals surface area contributed by atoms with E-state index in [-0.39, 0.29) is 23.0 Å². The Morgan fingerprint density at radius 3 is 2.52 bits per heavy atom. The van der Waals surface area contributed by atoms with Crippen molar-refractivity contribution >= 4 is 5.91 Å². The second-order valence-corrected chi connectivity index (χ2v) is 6.81. The molecule has 3 rings (SSSR count). The Morgan fingerprint density at radius 1 is 1.16 bits per heavy atom. The van der Waals surface area contributed by atoms with Crippen LogP contribution < -0.4 is 5.32 Å². The van der Waals surface area contributed by atoms with Gasteiger partial charge in [0.15, 0.2) is 0 Å². The molecule has 3 N–H and O–H groups in total. The molecule has 2 atom stereocenters. The molecule has 0 radical (unpaired) electrons. The molecular formula is C20H24N2O3. The summed E-state index contributed by atoms with van der Waals surface area (Å²) in [6.07, 6.45) is 1.04. The number of aromatic hydroxyl groups is 2. The summed E-state index contributed by atoms with van der Waals surface area (Å²) in [5.41, 5.74) is 1.57. The minimum absolute atomic E-state index is 0.117. The van der Waals surface area contributed by atoms with Gasteiger partial charge < -0.3 is 15.5 Å². The van der Waals surface area contributed by atoms with Crippen molar-refractivity contribution in [3.63, 3.8) is 0 Å². The van der Waals surface area contributed by atoms with E-state index in [2.05, 4.69) is 41.4 Å². The molecular weight excluding hydrogens is 316 g/mol. The summed E-state index contributed by atoms with van der Waals surface area (Å²) in [4.78, 5) is 14.6. The van der Waals surface area contributed by atoms with Gasteiger partial charge in [-0.15, -0.1) is 0 Å². The van der Waals surface area contributed by atoms with E-state index in [1.165, 1.54) is 23.8 Å². The molecule has 2 unspecified atom stereocenters. The molecule has 25 heavy (non-hydrogen) atoms. The molecule has 0 aliphatic carbocycles. The zero-order valence-corrected chi connectivity index (χ0v) is 14.4. The highest BCUT2D eigenvalue weighted by atomic mass is 16.3. The monoisotopic (exact) mass is 340 g/mol. The first-order chi connectivity index (χ1) is 12.0. The topological polar surface area (TPSA) is 72.8 Å². The summed E-state index contributed by atoms with van der Waals surface area (Å²) in [6, 6.07) is 14.8. The van der Waals surface area contributed by atoms with E-state index in [1.807, 2.05) is 6.07 Å². The number of phenols is 2. The number of hydrogen-bond acceptors (Lipinski definition) is 4. The van der Waals surface area contributed by atoms with Gasteiger partial charge in [-0.25, -0.2) is 0 Å². The van der Waals surface area contributed by atoms with Crippen molar-refractivity contribution in [3.05, 3.63) is 59.7 Å². The lowest BCUT2D eigenvalue weighted by molar-refractivity contribution is 0.0946. The highest BCUT2D eigenvalue weighted by molar-refractivity contribution is 5.95. The molecule has 5 heteroatoms. The summed E-state index contributed by atoms with van der Waals surface area (Å²) in [5, 5.41) is 21.9. The Labute approximate surface area is 147 Å². The Kier molecular flexibility index (Phi) is 5.24. The zero-order chi connectivity index (χ0) is 17.8. The molecule has 0 saturated carbocycles. The van der Waals surface area contributed by atoms with Crippen LogP contribution in [0, 0.1) is 5.92 Å². The molecule has 1 fully saturated rings. The second-order valence-electron chi connectivity index (χ2n) is 6.81. The molecule has 1 heterocycles. The van der Waals surface area contributed by atoms with Crippen molar-refractivity contribution in [1.29, 1.82) is 0 Å². The normalized spacial score (nSPS) is 20.5. The van der Waals surface area contributed by atoms with Crippen LogP contribution in [0.4, 0.5) is 0 Å². The van der Waals surface area contributed by atoms with Gasteiger partial charge in [0.1, 0.15) is 11.5 Å². The molecule has 1 aliphatic heterocycles. The quantitative estimate of drug-likeness (QED) is 0.782. The smallest absolute Gasteiger partial charge is 0.251 e. The number of rotatable bonds is 5. The molecule has 0 bridgehead atoms. The van der Waals surface area contributed by atoms with Crippen LogP contribution in [-0.4, -0.2) is 40.2 Å². The first-order valence-corrected chi connectivity index (χ1v) is 8.60. The van der Waals surface area contributed by atoms with Crippen molar-refractivity contribution in [2.24, 2.45) is 5.92 Å². The Hall–Kier alpha value is -2.53. The van der Waals surface area contributed by atoms with E-state index in [9.17, 15) is 15.0 Å². The lowest BCUT2D eigenvalue weighted by atomic mass is 10.1. The second kappa shape index (κ2) is 7.57. The van der Waals surface area contributed by atoms with Crippen molar-refractivity contribution in [2.75, 3.05) is 13.1 Å². The fourth-order valence-electron chi connectivity index (χ4n) is 3.47. The molecule has 132 valence electrons. The molecule has 1 saturated heterocycles. The van der Waals surface area contributed by atoms with Crippen LogP contribution >= 0.6 is 0 Å². The van der Waals surface area contributed by atoms with Crippen LogP contribution in [-0.2, 0) is 6.54 Å². The Balaban J connectivity index is 1.53. The van der Waals surface area contributed by atoms with Gasteiger partial charge in [0.05, 0.1) is 0 Å². The number of benzene rings is 2. The molecule has 0 spiro atoms. The summed E-state index contributed by atoms with van der Waals surface area (Å²) >= 11 is 0. The number of nitrogens with zero attached hydrogens (tertiary/aromatic N) is 1. The molecule has 5 nitrogen and oxygen atoms in total. The summed E-state index contributed by atoms with van der Waals surface area (Å²) in [7, 11) is 0. The van der Waals surface area contributed by atoms with Crippen molar-refractivity contribution in [1.82, 2.24) is 10.2 Å².